The molecule has 2 aromatic rings. The van der Waals surface area contributed by atoms with Crippen LogP contribution in [0.1, 0.15) is 31.2 Å². The van der Waals surface area contributed by atoms with Gasteiger partial charge in [0.05, 0.1) is 21.7 Å². The van der Waals surface area contributed by atoms with Crippen molar-refractivity contribution in [2.24, 2.45) is 5.73 Å². The molecule has 0 aliphatic carbocycles. The number of carbonyl (C=O) groups is 1. The Morgan fingerprint density at radius 2 is 1.73 bits per heavy atom. The molecule has 2 rings (SSSR count). The summed E-state index contributed by atoms with van der Waals surface area (Å²) in [7, 11) is 4.03. The van der Waals surface area contributed by atoms with E-state index in [2.05, 4.69) is 17.1 Å². The summed E-state index contributed by atoms with van der Waals surface area (Å²) in [6, 6.07) is 13.2. The molecule has 0 aromatic heterocycles. The lowest BCUT2D eigenvalue weighted by Gasteiger charge is -2.27. The van der Waals surface area contributed by atoms with Crippen molar-refractivity contribution in [1.29, 1.82) is 0 Å². The van der Waals surface area contributed by atoms with E-state index in [-0.39, 0.29) is 11.9 Å². The predicted octanol–water partition coefficient (Wildman–Crippen LogP) is 5.04. The maximum atomic E-state index is 12.2. The highest BCUT2D eigenvalue weighted by Crippen LogP contribution is 2.36. The van der Waals surface area contributed by atoms with Crippen LogP contribution in [0.5, 0.6) is 0 Å². The van der Waals surface area contributed by atoms with E-state index in [1.165, 1.54) is 0 Å². The van der Waals surface area contributed by atoms with Gasteiger partial charge in [0, 0.05) is 11.7 Å². The number of halogens is 2. The second kappa shape index (κ2) is 9.26. The Kier molecular flexibility index (Phi) is 7.33. The van der Waals surface area contributed by atoms with Crippen molar-refractivity contribution >= 4 is 40.5 Å². The molecule has 0 aliphatic heterocycles. The summed E-state index contributed by atoms with van der Waals surface area (Å²) in [5.74, 6) is -0.753. The van der Waals surface area contributed by atoms with Crippen LogP contribution in [0.15, 0.2) is 42.5 Å². The highest BCUT2D eigenvalue weighted by Gasteiger charge is 2.25. The molecule has 140 valence electrons. The first-order valence-electron chi connectivity index (χ1n) is 8.60. The molecule has 2 unspecified atom stereocenters. The molecule has 0 bridgehead atoms. The van der Waals surface area contributed by atoms with Crippen molar-refractivity contribution in [2.75, 3.05) is 19.4 Å². The molecule has 2 aromatic carbocycles. The van der Waals surface area contributed by atoms with Gasteiger partial charge >= 0.3 is 0 Å². The Hall–Kier alpha value is -1.75. The van der Waals surface area contributed by atoms with Gasteiger partial charge in [0.25, 0.3) is 0 Å². The number of hydrogen-bond donors (Lipinski definition) is 2. The van der Waals surface area contributed by atoms with Crippen LogP contribution in [0, 0.1) is 0 Å². The summed E-state index contributed by atoms with van der Waals surface area (Å²) in [6.07, 6.45) is 1.58. The SMILES string of the molecule is CCC(CC(C(N)=O)c1ccccc1Nc1c(Cl)cccc1Cl)N(C)C. The molecule has 0 saturated heterocycles. The third-order valence-electron chi connectivity index (χ3n) is 4.61. The van der Waals surface area contributed by atoms with Crippen LogP contribution in [0.2, 0.25) is 10.0 Å². The minimum Gasteiger partial charge on any atom is -0.369 e. The van der Waals surface area contributed by atoms with Crippen molar-refractivity contribution < 1.29 is 4.79 Å². The van der Waals surface area contributed by atoms with Crippen LogP contribution in [0.4, 0.5) is 11.4 Å². The van der Waals surface area contributed by atoms with Crippen molar-refractivity contribution in [1.82, 2.24) is 4.90 Å². The van der Waals surface area contributed by atoms with Gasteiger partial charge in [0.2, 0.25) is 5.91 Å². The van der Waals surface area contributed by atoms with Gasteiger partial charge in [-0.15, -0.1) is 0 Å². The first kappa shape index (κ1) is 20.6. The van der Waals surface area contributed by atoms with Gasteiger partial charge in [-0.3, -0.25) is 4.79 Å². The summed E-state index contributed by atoms with van der Waals surface area (Å²) >= 11 is 12.6. The third-order valence-corrected chi connectivity index (χ3v) is 5.24. The number of rotatable bonds is 8. The average Bonchev–Trinajstić information content (AvgIpc) is 2.59. The third kappa shape index (κ3) is 4.91. The Labute approximate surface area is 165 Å². The Balaban J connectivity index is 2.41. The van der Waals surface area contributed by atoms with Gasteiger partial charge in [-0.25, -0.2) is 0 Å². The monoisotopic (exact) mass is 393 g/mol. The fourth-order valence-electron chi connectivity index (χ4n) is 3.08. The smallest absolute Gasteiger partial charge is 0.225 e. The molecule has 1 amide bonds. The van der Waals surface area contributed by atoms with E-state index in [9.17, 15) is 4.79 Å². The molecule has 0 aliphatic rings. The number of benzene rings is 2. The van der Waals surface area contributed by atoms with Gasteiger partial charge in [0.15, 0.2) is 0 Å². The Morgan fingerprint density at radius 3 is 2.27 bits per heavy atom. The van der Waals surface area contributed by atoms with Gasteiger partial charge in [-0.2, -0.15) is 0 Å². The van der Waals surface area contributed by atoms with Gasteiger partial charge in [0.1, 0.15) is 0 Å². The lowest BCUT2D eigenvalue weighted by Crippen LogP contribution is -2.33. The molecule has 0 radical (unpaired) electrons. The number of para-hydroxylation sites is 2. The fraction of sp³-hybridized carbons (Fsp3) is 0.350. The van der Waals surface area contributed by atoms with E-state index in [4.69, 9.17) is 28.9 Å². The summed E-state index contributed by atoms with van der Waals surface area (Å²) in [6.45, 7) is 2.11. The lowest BCUT2D eigenvalue weighted by atomic mass is 9.89. The maximum absolute atomic E-state index is 12.2. The molecule has 0 fully saturated rings. The average molecular weight is 394 g/mol. The molecule has 0 heterocycles. The van der Waals surface area contributed by atoms with Crippen LogP contribution >= 0.6 is 23.2 Å². The lowest BCUT2D eigenvalue weighted by molar-refractivity contribution is -0.119. The minimum atomic E-state index is -0.410. The van der Waals surface area contributed by atoms with Crippen molar-refractivity contribution in [3.05, 3.63) is 58.1 Å². The molecule has 0 spiro atoms. The van der Waals surface area contributed by atoms with Crippen LogP contribution in [0.25, 0.3) is 0 Å². The minimum absolute atomic E-state index is 0.254. The first-order chi connectivity index (χ1) is 12.3. The van der Waals surface area contributed by atoms with Gasteiger partial charge in [-0.05, 0) is 50.7 Å². The van der Waals surface area contributed by atoms with Crippen molar-refractivity contribution in [3.63, 3.8) is 0 Å². The molecule has 2 atom stereocenters. The highest BCUT2D eigenvalue weighted by atomic mass is 35.5. The zero-order valence-electron chi connectivity index (χ0n) is 15.3. The van der Waals surface area contributed by atoms with Gasteiger partial charge in [-0.1, -0.05) is 54.4 Å². The van der Waals surface area contributed by atoms with E-state index < -0.39 is 5.92 Å². The standard InChI is InChI=1S/C20H25Cl2N3O/c1-4-13(25(2)3)12-15(20(23)26)14-8-5-6-11-18(14)24-19-16(21)9-7-10-17(19)22/h5-11,13,15,24H,4,12H2,1-3H3,(H2,23,26). The number of hydrogen-bond acceptors (Lipinski definition) is 3. The van der Waals surface area contributed by atoms with E-state index in [0.717, 1.165) is 17.7 Å². The van der Waals surface area contributed by atoms with Gasteiger partial charge < -0.3 is 16.0 Å². The highest BCUT2D eigenvalue weighted by molar-refractivity contribution is 6.39. The number of carbonyl (C=O) groups excluding carboxylic acids is 1. The molecule has 26 heavy (non-hydrogen) atoms. The summed E-state index contributed by atoms with van der Waals surface area (Å²) in [5, 5.41) is 4.31. The first-order valence-corrected chi connectivity index (χ1v) is 9.36. The van der Waals surface area contributed by atoms with Crippen LogP contribution in [0.3, 0.4) is 0 Å². The zero-order chi connectivity index (χ0) is 19.3. The molecule has 4 nitrogen and oxygen atoms in total. The van der Waals surface area contributed by atoms with Crippen LogP contribution in [-0.4, -0.2) is 30.9 Å². The summed E-state index contributed by atoms with van der Waals surface area (Å²) < 4.78 is 0. The number of primary amides is 1. The topological polar surface area (TPSA) is 58.4 Å². The van der Waals surface area contributed by atoms with E-state index in [1.54, 1.807) is 18.2 Å². The van der Waals surface area contributed by atoms with E-state index in [1.807, 2.05) is 38.4 Å². The number of nitrogens with two attached hydrogens (primary N) is 1. The van der Waals surface area contributed by atoms with Crippen LogP contribution in [-0.2, 0) is 4.79 Å². The number of amides is 1. The summed E-state index contributed by atoms with van der Waals surface area (Å²) in [5.41, 5.74) is 7.99. The number of anilines is 2. The molecular formula is C20H25Cl2N3O. The molecule has 6 heteroatoms. The zero-order valence-corrected chi connectivity index (χ0v) is 16.8. The fourth-order valence-corrected chi connectivity index (χ4v) is 3.57. The quantitative estimate of drug-likeness (QED) is 0.660. The number of nitrogens with zero attached hydrogens (tertiary/aromatic N) is 1. The Morgan fingerprint density at radius 1 is 1.12 bits per heavy atom. The van der Waals surface area contributed by atoms with E-state index >= 15 is 0 Å². The second-order valence-electron chi connectivity index (χ2n) is 6.53. The molecule has 0 saturated carbocycles. The number of nitrogens with one attached hydrogen (secondary N) is 1. The predicted molar refractivity (Wildman–Crippen MR) is 111 cm³/mol. The normalized spacial score (nSPS) is 13.5. The molecule has 3 N–H and O–H groups in total. The molecular weight excluding hydrogens is 369 g/mol. The maximum Gasteiger partial charge on any atom is 0.225 e. The largest absolute Gasteiger partial charge is 0.369 e. The summed E-state index contributed by atoms with van der Waals surface area (Å²) in [4.78, 5) is 14.4. The van der Waals surface area contributed by atoms with E-state index in [0.29, 0.717) is 22.2 Å². The van der Waals surface area contributed by atoms with Crippen molar-refractivity contribution in [3.8, 4) is 0 Å². The Bertz CT molecular complexity index is 744. The second-order valence-corrected chi connectivity index (χ2v) is 7.34. The van der Waals surface area contributed by atoms with Crippen LogP contribution < -0.4 is 11.1 Å². The van der Waals surface area contributed by atoms with Crippen molar-refractivity contribution in [2.45, 2.75) is 31.7 Å².